The first-order valence-electron chi connectivity index (χ1n) is 9.11. The maximum Gasteiger partial charge on any atom is 0.417 e. The summed E-state index contributed by atoms with van der Waals surface area (Å²) in [6.45, 7) is -1.39. The number of aromatic nitrogens is 1. The molecule has 1 heterocycles. The molecule has 0 unspecified atom stereocenters. The fourth-order valence-corrected chi connectivity index (χ4v) is 2.73. The van der Waals surface area contributed by atoms with E-state index in [0.717, 1.165) is 11.1 Å². The van der Waals surface area contributed by atoms with Crippen LogP contribution in [0.5, 0.6) is 0 Å². The van der Waals surface area contributed by atoms with Crippen LogP contribution in [0.4, 0.5) is 18.9 Å². The van der Waals surface area contributed by atoms with E-state index in [-0.39, 0.29) is 0 Å². The van der Waals surface area contributed by atoms with Gasteiger partial charge in [0.1, 0.15) is 6.54 Å². The highest BCUT2D eigenvalue weighted by Gasteiger charge is 2.31. The van der Waals surface area contributed by atoms with Crippen molar-refractivity contribution < 1.29 is 27.5 Å². The zero-order valence-electron chi connectivity index (χ0n) is 16.1. The van der Waals surface area contributed by atoms with E-state index in [9.17, 15) is 27.6 Å². The molecular formula is C22H17F3N2O4. The van der Waals surface area contributed by atoms with Crippen LogP contribution < -0.4 is 10.9 Å². The molecule has 0 bridgehead atoms. The summed E-state index contributed by atoms with van der Waals surface area (Å²) in [6.07, 6.45) is -4.13. The van der Waals surface area contributed by atoms with Crippen molar-refractivity contribution in [2.75, 3.05) is 11.9 Å². The van der Waals surface area contributed by atoms with Gasteiger partial charge >= 0.3 is 12.1 Å². The molecule has 31 heavy (non-hydrogen) atoms. The number of nitrogens with one attached hydrogen (secondary N) is 1. The van der Waals surface area contributed by atoms with E-state index in [0.29, 0.717) is 28.6 Å². The first-order valence-corrected chi connectivity index (χ1v) is 9.11. The lowest BCUT2D eigenvalue weighted by Gasteiger charge is -2.11. The number of esters is 1. The van der Waals surface area contributed by atoms with Crippen molar-refractivity contribution in [1.29, 1.82) is 0 Å². The van der Waals surface area contributed by atoms with Crippen molar-refractivity contribution in [2.45, 2.75) is 12.7 Å². The van der Waals surface area contributed by atoms with Gasteiger partial charge in [0.25, 0.3) is 11.5 Å². The molecule has 1 N–H and O–H groups in total. The predicted octanol–water partition coefficient (Wildman–Crippen LogP) is 3.72. The van der Waals surface area contributed by atoms with E-state index in [1.807, 2.05) is 42.5 Å². The lowest BCUT2D eigenvalue weighted by Crippen LogP contribution is -2.28. The number of hydrogen-bond acceptors (Lipinski definition) is 4. The Bertz CT molecular complexity index is 1120. The van der Waals surface area contributed by atoms with Crippen LogP contribution in [0.3, 0.4) is 0 Å². The fraction of sp³-hybridized carbons (Fsp3) is 0.136. The van der Waals surface area contributed by atoms with Crippen LogP contribution >= 0.6 is 0 Å². The van der Waals surface area contributed by atoms with Gasteiger partial charge in [0.05, 0.1) is 5.56 Å². The minimum Gasteiger partial charge on any atom is -0.454 e. The van der Waals surface area contributed by atoms with Gasteiger partial charge in [0, 0.05) is 18.0 Å². The number of carbonyl (C=O) groups excluding carboxylic acids is 2. The Morgan fingerprint density at radius 1 is 0.903 bits per heavy atom. The molecule has 0 aliphatic rings. The van der Waals surface area contributed by atoms with Gasteiger partial charge in [-0.15, -0.1) is 0 Å². The summed E-state index contributed by atoms with van der Waals surface area (Å²) >= 11 is 0. The van der Waals surface area contributed by atoms with Crippen molar-refractivity contribution in [1.82, 2.24) is 4.57 Å². The molecule has 0 aliphatic heterocycles. The van der Waals surface area contributed by atoms with Gasteiger partial charge in [-0.05, 0) is 29.3 Å². The molecule has 0 saturated carbocycles. The van der Waals surface area contributed by atoms with Crippen molar-refractivity contribution in [3.63, 3.8) is 0 Å². The Kier molecular flexibility index (Phi) is 6.54. The molecule has 3 rings (SSSR count). The molecule has 9 heteroatoms. The summed E-state index contributed by atoms with van der Waals surface area (Å²) in [5.41, 5.74) is 0.579. The second kappa shape index (κ2) is 9.29. The topological polar surface area (TPSA) is 77.4 Å². The van der Waals surface area contributed by atoms with E-state index in [1.54, 1.807) is 12.1 Å². The molecule has 2 aromatic carbocycles. The first-order chi connectivity index (χ1) is 14.7. The molecule has 6 nitrogen and oxygen atoms in total. The maximum atomic E-state index is 12.7. The molecule has 0 saturated heterocycles. The van der Waals surface area contributed by atoms with Gasteiger partial charge < -0.3 is 14.6 Å². The van der Waals surface area contributed by atoms with Crippen molar-refractivity contribution in [3.05, 3.63) is 88.8 Å². The largest absolute Gasteiger partial charge is 0.454 e. The number of amides is 1. The molecule has 1 aromatic heterocycles. The number of rotatable bonds is 6. The lowest BCUT2D eigenvalue weighted by molar-refractivity contribution is -0.148. The smallest absolute Gasteiger partial charge is 0.417 e. The third kappa shape index (κ3) is 6.05. The van der Waals surface area contributed by atoms with E-state index in [4.69, 9.17) is 4.74 Å². The van der Waals surface area contributed by atoms with Crippen LogP contribution in [0.15, 0.2) is 77.7 Å². The van der Waals surface area contributed by atoms with Gasteiger partial charge in [-0.25, -0.2) is 0 Å². The SMILES string of the molecule is O=C(COC(=O)Cn1cc(C(F)(F)F)ccc1=O)Nc1ccc(-c2ccccc2)cc1. The van der Waals surface area contributed by atoms with Gasteiger partial charge in [-0.1, -0.05) is 42.5 Å². The molecule has 1 amide bonds. The maximum absolute atomic E-state index is 12.7. The monoisotopic (exact) mass is 430 g/mol. The van der Waals surface area contributed by atoms with Gasteiger partial charge in [0.2, 0.25) is 0 Å². The molecule has 0 atom stereocenters. The van der Waals surface area contributed by atoms with E-state index < -0.39 is 42.3 Å². The summed E-state index contributed by atoms with van der Waals surface area (Å²) in [7, 11) is 0. The van der Waals surface area contributed by atoms with Crippen LogP contribution in [-0.4, -0.2) is 23.1 Å². The Hall–Kier alpha value is -3.88. The summed E-state index contributed by atoms with van der Waals surface area (Å²) in [4.78, 5) is 35.5. The van der Waals surface area contributed by atoms with Gasteiger partial charge in [0.15, 0.2) is 6.61 Å². The highest BCUT2D eigenvalue weighted by atomic mass is 19.4. The number of halogens is 3. The highest BCUT2D eigenvalue weighted by molar-refractivity contribution is 5.93. The van der Waals surface area contributed by atoms with E-state index in [1.165, 1.54) is 0 Å². The average Bonchev–Trinajstić information content (AvgIpc) is 2.74. The number of ether oxygens (including phenoxy) is 1. The molecule has 0 radical (unpaired) electrons. The average molecular weight is 430 g/mol. The summed E-state index contributed by atoms with van der Waals surface area (Å²) < 4.78 is 43.5. The number of pyridine rings is 1. The second-order valence-electron chi connectivity index (χ2n) is 6.53. The van der Waals surface area contributed by atoms with E-state index in [2.05, 4.69) is 5.32 Å². The number of benzene rings is 2. The van der Waals surface area contributed by atoms with Crippen LogP contribution in [0.1, 0.15) is 5.56 Å². The highest BCUT2D eigenvalue weighted by Crippen LogP contribution is 2.28. The number of anilines is 1. The number of hydrogen-bond donors (Lipinski definition) is 1. The summed E-state index contributed by atoms with van der Waals surface area (Å²) in [6, 6.07) is 18.0. The Morgan fingerprint density at radius 2 is 1.55 bits per heavy atom. The van der Waals surface area contributed by atoms with E-state index >= 15 is 0 Å². The predicted molar refractivity (Wildman–Crippen MR) is 107 cm³/mol. The minimum atomic E-state index is -4.66. The quantitative estimate of drug-likeness (QED) is 0.605. The molecule has 3 aromatic rings. The molecule has 0 spiro atoms. The van der Waals surface area contributed by atoms with Crippen LogP contribution in [0.25, 0.3) is 11.1 Å². The van der Waals surface area contributed by atoms with Gasteiger partial charge in [-0.2, -0.15) is 13.2 Å². The van der Waals surface area contributed by atoms with Crippen LogP contribution in [-0.2, 0) is 27.0 Å². The second-order valence-corrected chi connectivity index (χ2v) is 6.53. The van der Waals surface area contributed by atoms with Crippen LogP contribution in [0.2, 0.25) is 0 Å². The third-order valence-corrected chi connectivity index (χ3v) is 4.25. The Balaban J connectivity index is 1.53. The summed E-state index contributed by atoms with van der Waals surface area (Å²) in [5.74, 6) is -1.65. The number of carbonyl (C=O) groups is 2. The van der Waals surface area contributed by atoms with Crippen molar-refractivity contribution in [2.24, 2.45) is 0 Å². The van der Waals surface area contributed by atoms with Crippen molar-refractivity contribution >= 4 is 17.6 Å². The van der Waals surface area contributed by atoms with Crippen LogP contribution in [0, 0.1) is 0 Å². The summed E-state index contributed by atoms with van der Waals surface area (Å²) in [5, 5.41) is 2.55. The zero-order valence-corrected chi connectivity index (χ0v) is 16.1. The zero-order chi connectivity index (χ0) is 22.4. The van der Waals surface area contributed by atoms with Crippen molar-refractivity contribution in [3.8, 4) is 11.1 Å². The molecule has 0 fully saturated rings. The normalized spacial score (nSPS) is 11.1. The Labute approximate surface area is 174 Å². The third-order valence-electron chi connectivity index (χ3n) is 4.25. The minimum absolute atomic E-state index is 0.481. The number of nitrogens with zero attached hydrogens (tertiary/aromatic N) is 1. The molecule has 0 aliphatic carbocycles. The molecular weight excluding hydrogens is 413 g/mol. The Morgan fingerprint density at radius 3 is 2.19 bits per heavy atom. The molecule has 160 valence electrons. The number of alkyl halides is 3. The lowest BCUT2D eigenvalue weighted by atomic mass is 10.1. The first kappa shape index (κ1) is 21.8. The standard InChI is InChI=1S/C22H17F3N2O4/c23-22(24,25)17-8-11-20(29)27(12-17)13-21(30)31-14-19(28)26-18-9-6-16(7-10-18)15-4-2-1-3-5-15/h1-12H,13-14H2,(H,26,28). The van der Waals surface area contributed by atoms with Gasteiger partial charge in [-0.3, -0.25) is 14.4 Å². The fourth-order valence-electron chi connectivity index (χ4n) is 2.73.